The first-order valence-corrected chi connectivity index (χ1v) is 5.62. The Kier molecular flexibility index (Phi) is 2.32. The summed E-state index contributed by atoms with van der Waals surface area (Å²) < 4.78 is 31.9. The molecule has 2 nitrogen and oxygen atoms in total. The molecular weight excluding hydrogens is 212 g/mol. The highest BCUT2D eigenvalue weighted by Crippen LogP contribution is 2.36. The Labute approximate surface area is 92.6 Å². The van der Waals surface area contributed by atoms with Crippen molar-refractivity contribution in [3.05, 3.63) is 29.3 Å². The molecule has 1 aliphatic heterocycles. The highest BCUT2D eigenvalue weighted by molar-refractivity contribution is 5.39. The fraction of sp³-hybridized carbons (Fsp3) is 0.500. The van der Waals surface area contributed by atoms with Gasteiger partial charge in [0.1, 0.15) is 5.82 Å². The molecule has 1 heterocycles. The Hall–Kier alpha value is -1.16. The third-order valence-corrected chi connectivity index (χ3v) is 3.08. The zero-order chi connectivity index (χ0) is 11.1. The first kappa shape index (κ1) is 10.0. The Bertz CT molecular complexity index is 418. The number of hydrogen-bond donors (Lipinski definition) is 1. The minimum Gasteiger partial charge on any atom is -0.490 e. The van der Waals surface area contributed by atoms with Gasteiger partial charge in [0.15, 0.2) is 11.6 Å². The smallest absolute Gasteiger partial charge is 0.168 e. The number of benzene rings is 1. The quantitative estimate of drug-likeness (QED) is 0.835. The molecule has 0 saturated heterocycles. The van der Waals surface area contributed by atoms with Crippen LogP contribution in [0.1, 0.15) is 30.9 Å². The molecule has 1 atom stereocenters. The summed E-state index contributed by atoms with van der Waals surface area (Å²) in [7, 11) is 0. The molecule has 0 bridgehead atoms. The molecule has 0 amide bonds. The van der Waals surface area contributed by atoms with Gasteiger partial charge in [0.05, 0.1) is 6.61 Å². The maximum absolute atomic E-state index is 13.5. The summed E-state index contributed by atoms with van der Waals surface area (Å²) in [6.45, 7) is 0.486. The van der Waals surface area contributed by atoms with Gasteiger partial charge < -0.3 is 10.1 Å². The van der Waals surface area contributed by atoms with Gasteiger partial charge in [0, 0.05) is 30.1 Å². The van der Waals surface area contributed by atoms with Crippen LogP contribution >= 0.6 is 0 Å². The summed E-state index contributed by atoms with van der Waals surface area (Å²) in [5.41, 5.74) is 0.621. The van der Waals surface area contributed by atoms with Gasteiger partial charge >= 0.3 is 0 Å². The fourth-order valence-electron chi connectivity index (χ4n) is 2.13. The highest BCUT2D eigenvalue weighted by Gasteiger charge is 2.30. The van der Waals surface area contributed by atoms with Crippen LogP contribution in [-0.4, -0.2) is 12.6 Å². The number of rotatable bonds is 2. The van der Waals surface area contributed by atoms with Crippen molar-refractivity contribution in [2.45, 2.75) is 31.3 Å². The van der Waals surface area contributed by atoms with Crippen LogP contribution in [0.4, 0.5) is 8.78 Å². The monoisotopic (exact) mass is 225 g/mol. The lowest BCUT2D eigenvalue weighted by Crippen LogP contribution is -2.29. The Morgan fingerprint density at radius 2 is 2.00 bits per heavy atom. The molecule has 1 saturated carbocycles. The Morgan fingerprint density at radius 3 is 2.75 bits per heavy atom. The molecule has 1 N–H and O–H groups in total. The first-order chi connectivity index (χ1) is 7.74. The average Bonchev–Trinajstić information content (AvgIpc) is 3.03. The van der Waals surface area contributed by atoms with Gasteiger partial charge in [0.25, 0.3) is 0 Å². The van der Waals surface area contributed by atoms with E-state index in [1.807, 2.05) is 0 Å². The normalized spacial score (nSPS) is 23.8. The molecule has 1 aromatic carbocycles. The van der Waals surface area contributed by atoms with Crippen molar-refractivity contribution in [1.82, 2.24) is 5.32 Å². The van der Waals surface area contributed by atoms with Crippen molar-refractivity contribution in [3.63, 3.8) is 0 Å². The molecule has 1 fully saturated rings. The van der Waals surface area contributed by atoms with E-state index in [2.05, 4.69) is 5.32 Å². The lowest BCUT2D eigenvalue weighted by Gasteiger charge is -2.27. The summed E-state index contributed by atoms with van der Waals surface area (Å²) in [6.07, 6.45) is 3.08. The van der Waals surface area contributed by atoms with E-state index >= 15 is 0 Å². The van der Waals surface area contributed by atoms with Crippen LogP contribution in [-0.2, 0) is 0 Å². The second-order valence-corrected chi connectivity index (χ2v) is 4.44. The van der Waals surface area contributed by atoms with Gasteiger partial charge in [-0.3, -0.25) is 0 Å². The second kappa shape index (κ2) is 3.70. The third-order valence-electron chi connectivity index (χ3n) is 3.08. The number of fused-ring (bicyclic) bond motifs is 1. The van der Waals surface area contributed by atoms with Crippen LogP contribution in [0.15, 0.2) is 12.1 Å². The third kappa shape index (κ3) is 1.78. The maximum atomic E-state index is 13.5. The van der Waals surface area contributed by atoms with Crippen molar-refractivity contribution in [2.24, 2.45) is 0 Å². The summed E-state index contributed by atoms with van der Waals surface area (Å²) in [6, 6.07) is 2.79. The molecule has 1 aliphatic carbocycles. The average molecular weight is 225 g/mol. The molecule has 2 aliphatic rings. The minimum absolute atomic E-state index is 0.0291. The van der Waals surface area contributed by atoms with Crippen LogP contribution in [0.5, 0.6) is 5.75 Å². The maximum Gasteiger partial charge on any atom is 0.168 e. The van der Waals surface area contributed by atoms with E-state index in [4.69, 9.17) is 4.74 Å². The van der Waals surface area contributed by atoms with Gasteiger partial charge in [0.2, 0.25) is 0 Å². The molecule has 3 rings (SSSR count). The van der Waals surface area contributed by atoms with E-state index in [9.17, 15) is 8.78 Å². The number of ether oxygens (including phenoxy) is 1. The topological polar surface area (TPSA) is 21.3 Å². The lowest BCUT2D eigenvalue weighted by molar-refractivity contribution is 0.239. The van der Waals surface area contributed by atoms with Crippen LogP contribution in [0.2, 0.25) is 0 Å². The van der Waals surface area contributed by atoms with E-state index in [1.165, 1.54) is 6.07 Å². The zero-order valence-corrected chi connectivity index (χ0v) is 8.80. The molecule has 0 aromatic heterocycles. The van der Waals surface area contributed by atoms with Crippen LogP contribution in [0.3, 0.4) is 0 Å². The summed E-state index contributed by atoms with van der Waals surface area (Å²) in [4.78, 5) is 0. The van der Waals surface area contributed by atoms with Gasteiger partial charge in [-0.2, -0.15) is 0 Å². The van der Waals surface area contributed by atoms with E-state index < -0.39 is 11.6 Å². The molecular formula is C12H13F2NO. The molecule has 0 radical (unpaired) electrons. The summed E-state index contributed by atoms with van der Waals surface area (Å²) in [5.74, 6) is -0.924. The SMILES string of the molecule is Fc1cc(F)c2c(c1)C(NC1CC1)CCO2. The Morgan fingerprint density at radius 1 is 1.19 bits per heavy atom. The van der Waals surface area contributed by atoms with Gasteiger partial charge in [-0.05, 0) is 18.9 Å². The van der Waals surface area contributed by atoms with Crippen molar-refractivity contribution >= 4 is 0 Å². The van der Waals surface area contributed by atoms with E-state index in [0.29, 0.717) is 18.2 Å². The van der Waals surface area contributed by atoms with Crippen molar-refractivity contribution in [1.29, 1.82) is 0 Å². The van der Waals surface area contributed by atoms with Gasteiger partial charge in [-0.1, -0.05) is 0 Å². The first-order valence-electron chi connectivity index (χ1n) is 5.62. The highest BCUT2D eigenvalue weighted by atomic mass is 19.1. The molecule has 86 valence electrons. The number of hydrogen-bond acceptors (Lipinski definition) is 2. The largest absolute Gasteiger partial charge is 0.490 e. The van der Waals surface area contributed by atoms with E-state index in [0.717, 1.165) is 25.3 Å². The Balaban J connectivity index is 1.95. The molecule has 4 heteroatoms. The predicted molar refractivity (Wildman–Crippen MR) is 55.4 cm³/mol. The standard InChI is InChI=1S/C12H13F2NO/c13-7-5-9-11(15-8-1-2-8)3-4-16-12(9)10(14)6-7/h5-6,8,11,15H,1-4H2. The summed E-state index contributed by atoms with van der Waals surface area (Å²) in [5, 5.41) is 3.39. The van der Waals surface area contributed by atoms with Crippen LogP contribution in [0.25, 0.3) is 0 Å². The van der Waals surface area contributed by atoms with Gasteiger partial charge in [-0.15, -0.1) is 0 Å². The zero-order valence-electron chi connectivity index (χ0n) is 8.80. The molecule has 16 heavy (non-hydrogen) atoms. The lowest BCUT2D eigenvalue weighted by atomic mass is 10.00. The molecule has 1 aromatic rings. The van der Waals surface area contributed by atoms with Crippen LogP contribution in [0, 0.1) is 11.6 Å². The van der Waals surface area contributed by atoms with Gasteiger partial charge in [-0.25, -0.2) is 8.78 Å². The molecule has 1 unspecified atom stereocenters. The van der Waals surface area contributed by atoms with Crippen LogP contribution < -0.4 is 10.1 Å². The minimum atomic E-state index is -0.600. The van der Waals surface area contributed by atoms with Crippen molar-refractivity contribution in [2.75, 3.05) is 6.61 Å². The van der Waals surface area contributed by atoms with Crippen molar-refractivity contribution in [3.8, 4) is 5.75 Å². The van der Waals surface area contributed by atoms with Crippen molar-refractivity contribution < 1.29 is 13.5 Å². The molecule has 0 spiro atoms. The predicted octanol–water partition coefficient (Wildman–Crippen LogP) is 2.54. The number of nitrogens with one attached hydrogen (secondary N) is 1. The number of halogens is 2. The van der Waals surface area contributed by atoms with E-state index in [1.54, 1.807) is 0 Å². The fourth-order valence-corrected chi connectivity index (χ4v) is 2.13. The summed E-state index contributed by atoms with van der Waals surface area (Å²) >= 11 is 0. The van der Waals surface area contributed by atoms with E-state index in [-0.39, 0.29) is 11.8 Å². The second-order valence-electron chi connectivity index (χ2n) is 4.44.